The molecule has 0 spiro atoms. The van der Waals surface area contributed by atoms with Crippen LogP contribution in [0.25, 0.3) is 11.1 Å². The van der Waals surface area contributed by atoms with Gasteiger partial charge < -0.3 is 14.7 Å². The molecule has 2 aromatic heterocycles. The Bertz CT molecular complexity index is 1060. The summed E-state index contributed by atoms with van der Waals surface area (Å²) in [4.78, 5) is 35.5. The molecule has 142 valence electrons. The molecular weight excluding hydrogens is 344 g/mol. The van der Waals surface area contributed by atoms with Gasteiger partial charge in [0.2, 0.25) is 11.8 Å². The van der Waals surface area contributed by atoms with Crippen LogP contribution in [-0.4, -0.2) is 20.9 Å². The number of amides is 1. The highest BCUT2D eigenvalue weighted by Gasteiger charge is 2.16. The van der Waals surface area contributed by atoms with Crippen molar-refractivity contribution in [3.05, 3.63) is 57.1 Å². The average Bonchev–Trinajstić information content (AvgIpc) is 2.97. The molecule has 0 aliphatic heterocycles. The second kappa shape index (κ2) is 6.98. The van der Waals surface area contributed by atoms with Crippen LogP contribution in [-0.2, 0) is 23.2 Å². The first-order valence-corrected chi connectivity index (χ1v) is 8.86. The summed E-state index contributed by atoms with van der Waals surface area (Å²) in [5, 5.41) is 2.75. The van der Waals surface area contributed by atoms with Gasteiger partial charge >= 0.3 is 0 Å². The highest BCUT2D eigenvalue weighted by molar-refractivity contribution is 5.79. The highest BCUT2D eigenvalue weighted by atomic mass is 16.3. The number of rotatable bonds is 4. The minimum Gasteiger partial charge on any atom is -0.439 e. The maximum atomic E-state index is 12.2. The Morgan fingerprint density at radius 2 is 1.96 bits per heavy atom. The lowest BCUT2D eigenvalue weighted by Gasteiger charge is -2.18. The third kappa shape index (κ3) is 4.24. The van der Waals surface area contributed by atoms with Crippen LogP contribution >= 0.6 is 0 Å². The molecule has 2 heterocycles. The minimum absolute atomic E-state index is 0.0223. The van der Waals surface area contributed by atoms with Crippen molar-refractivity contribution in [3.63, 3.8) is 0 Å². The van der Waals surface area contributed by atoms with Gasteiger partial charge in [0, 0.05) is 11.3 Å². The van der Waals surface area contributed by atoms with Crippen molar-refractivity contribution in [2.24, 2.45) is 0 Å². The van der Waals surface area contributed by atoms with Gasteiger partial charge in [-0.25, -0.2) is 9.97 Å². The van der Waals surface area contributed by atoms with Crippen molar-refractivity contribution >= 4 is 17.0 Å². The molecular formula is C20H24N4O3. The van der Waals surface area contributed by atoms with E-state index in [1.807, 2.05) is 18.2 Å². The zero-order valence-corrected chi connectivity index (χ0v) is 16.3. The van der Waals surface area contributed by atoms with Gasteiger partial charge in [0.25, 0.3) is 5.56 Å². The largest absolute Gasteiger partial charge is 0.439 e. The van der Waals surface area contributed by atoms with E-state index in [1.54, 1.807) is 13.8 Å². The highest BCUT2D eigenvalue weighted by Crippen LogP contribution is 2.26. The van der Waals surface area contributed by atoms with Crippen LogP contribution in [0.3, 0.4) is 0 Å². The number of benzene rings is 1. The van der Waals surface area contributed by atoms with Crippen LogP contribution in [0, 0.1) is 13.8 Å². The molecule has 0 radical (unpaired) electrons. The van der Waals surface area contributed by atoms with Gasteiger partial charge in [-0.05, 0) is 37.0 Å². The number of oxazole rings is 1. The first kappa shape index (κ1) is 18.8. The van der Waals surface area contributed by atoms with Crippen LogP contribution in [0.5, 0.6) is 0 Å². The SMILES string of the molecule is Cc1nc(C)c(CC(=O)NCc2nc3cc(C(C)(C)C)ccc3o2)c(=O)[nH]1. The first-order valence-electron chi connectivity index (χ1n) is 8.86. The summed E-state index contributed by atoms with van der Waals surface area (Å²) in [5.41, 5.74) is 3.28. The molecule has 7 nitrogen and oxygen atoms in total. The smallest absolute Gasteiger partial charge is 0.254 e. The summed E-state index contributed by atoms with van der Waals surface area (Å²) in [5.74, 6) is 0.673. The van der Waals surface area contributed by atoms with E-state index >= 15 is 0 Å². The lowest BCUT2D eigenvalue weighted by atomic mass is 9.87. The van der Waals surface area contributed by atoms with Crippen molar-refractivity contribution in [2.75, 3.05) is 0 Å². The van der Waals surface area contributed by atoms with Crippen LogP contribution in [0.2, 0.25) is 0 Å². The van der Waals surface area contributed by atoms with Crippen LogP contribution < -0.4 is 10.9 Å². The van der Waals surface area contributed by atoms with E-state index in [2.05, 4.69) is 41.0 Å². The maximum absolute atomic E-state index is 12.2. The fourth-order valence-corrected chi connectivity index (χ4v) is 2.87. The third-order valence-corrected chi connectivity index (χ3v) is 4.41. The summed E-state index contributed by atoms with van der Waals surface area (Å²) in [6.45, 7) is 10.0. The molecule has 0 aliphatic rings. The molecule has 0 fully saturated rings. The number of hydrogen-bond donors (Lipinski definition) is 2. The van der Waals surface area contributed by atoms with Crippen LogP contribution in [0.4, 0.5) is 0 Å². The van der Waals surface area contributed by atoms with Crippen molar-refractivity contribution in [1.82, 2.24) is 20.3 Å². The Hall–Kier alpha value is -2.96. The van der Waals surface area contributed by atoms with Crippen LogP contribution in [0.15, 0.2) is 27.4 Å². The van der Waals surface area contributed by atoms with Crippen molar-refractivity contribution < 1.29 is 9.21 Å². The van der Waals surface area contributed by atoms with Gasteiger partial charge in [-0.2, -0.15) is 0 Å². The number of aryl methyl sites for hydroxylation is 2. The van der Waals surface area contributed by atoms with Gasteiger partial charge in [-0.1, -0.05) is 26.8 Å². The standard InChI is InChI=1S/C20H24N4O3/c1-11-14(19(26)23-12(2)22-11)9-17(25)21-10-18-24-15-8-13(20(3,4)5)6-7-16(15)27-18/h6-8H,9-10H2,1-5H3,(H,21,25)(H,22,23,26). The summed E-state index contributed by atoms with van der Waals surface area (Å²) in [6.07, 6.45) is -0.0388. The molecule has 3 rings (SSSR count). The number of carbonyl (C=O) groups is 1. The summed E-state index contributed by atoms with van der Waals surface area (Å²) in [7, 11) is 0. The number of aromatic nitrogens is 3. The summed E-state index contributed by atoms with van der Waals surface area (Å²) in [6, 6.07) is 5.93. The molecule has 0 unspecified atom stereocenters. The van der Waals surface area contributed by atoms with Crippen LogP contribution in [0.1, 0.15) is 49.3 Å². The number of nitrogens with zero attached hydrogens (tertiary/aromatic N) is 2. The number of aromatic amines is 1. The lowest BCUT2D eigenvalue weighted by molar-refractivity contribution is -0.120. The van der Waals surface area contributed by atoms with E-state index in [9.17, 15) is 9.59 Å². The van der Waals surface area contributed by atoms with Crippen molar-refractivity contribution in [2.45, 2.75) is 53.0 Å². The second-order valence-electron chi connectivity index (χ2n) is 7.71. The number of H-pyrrole nitrogens is 1. The van der Waals surface area contributed by atoms with E-state index in [0.29, 0.717) is 28.6 Å². The van der Waals surface area contributed by atoms with E-state index in [0.717, 1.165) is 5.52 Å². The summed E-state index contributed by atoms with van der Waals surface area (Å²) >= 11 is 0. The molecule has 0 saturated heterocycles. The zero-order valence-electron chi connectivity index (χ0n) is 16.3. The van der Waals surface area contributed by atoms with E-state index in [-0.39, 0.29) is 29.8 Å². The minimum atomic E-state index is -0.285. The van der Waals surface area contributed by atoms with E-state index < -0.39 is 0 Å². The fourth-order valence-electron chi connectivity index (χ4n) is 2.87. The fraction of sp³-hybridized carbons (Fsp3) is 0.400. The predicted molar refractivity (Wildman–Crippen MR) is 103 cm³/mol. The lowest BCUT2D eigenvalue weighted by Crippen LogP contribution is -2.29. The molecule has 1 amide bonds. The zero-order chi connectivity index (χ0) is 19.8. The molecule has 0 aliphatic carbocycles. The quantitative estimate of drug-likeness (QED) is 0.737. The first-order chi connectivity index (χ1) is 12.6. The number of carbonyl (C=O) groups excluding carboxylic acids is 1. The molecule has 3 aromatic rings. The monoisotopic (exact) mass is 368 g/mol. The third-order valence-electron chi connectivity index (χ3n) is 4.41. The molecule has 0 saturated carbocycles. The maximum Gasteiger partial charge on any atom is 0.254 e. The number of fused-ring (bicyclic) bond motifs is 1. The van der Waals surface area contributed by atoms with E-state index in [1.165, 1.54) is 5.56 Å². The number of hydrogen-bond acceptors (Lipinski definition) is 5. The van der Waals surface area contributed by atoms with Gasteiger partial charge in [-0.3, -0.25) is 9.59 Å². The Balaban J connectivity index is 1.70. The molecule has 2 N–H and O–H groups in total. The van der Waals surface area contributed by atoms with Gasteiger partial charge in [-0.15, -0.1) is 0 Å². The Morgan fingerprint density at radius 1 is 1.22 bits per heavy atom. The normalized spacial score (nSPS) is 11.7. The Morgan fingerprint density at radius 3 is 2.63 bits per heavy atom. The summed E-state index contributed by atoms with van der Waals surface area (Å²) < 4.78 is 5.69. The Labute approximate surface area is 157 Å². The van der Waals surface area contributed by atoms with Crippen molar-refractivity contribution in [1.29, 1.82) is 0 Å². The Kier molecular flexibility index (Phi) is 4.87. The number of nitrogens with one attached hydrogen (secondary N) is 2. The second-order valence-corrected chi connectivity index (χ2v) is 7.71. The predicted octanol–water partition coefficient (Wildman–Crippen LogP) is 2.68. The molecule has 27 heavy (non-hydrogen) atoms. The molecule has 7 heteroatoms. The molecule has 0 bridgehead atoms. The van der Waals surface area contributed by atoms with Gasteiger partial charge in [0.1, 0.15) is 11.3 Å². The molecule has 0 atom stereocenters. The van der Waals surface area contributed by atoms with E-state index in [4.69, 9.17) is 4.42 Å². The van der Waals surface area contributed by atoms with Gasteiger partial charge in [0.05, 0.1) is 13.0 Å². The average molecular weight is 368 g/mol. The molecule has 1 aromatic carbocycles. The topological polar surface area (TPSA) is 101 Å². The van der Waals surface area contributed by atoms with Gasteiger partial charge in [0.15, 0.2) is 5.58 Å². The van der Waals surface area contributed by atoms with Crippen molar-refractivity contribution in [3.8, 4) is 0 Å².